The van der Waals surface area contributed by atoms with Crippen LogP contribution in [0, 0.1) is 0 Å². The Bertz CT molecular complexity index is 453. The number of hydrogen-bond acceptors (Lipinski definition) is 4. The van der Waals surface area contributed by atoms with Gasteiger partial charge in [0, 0.05) is 14.1 Å². The normalized spacial score (nSPS) is 11.5. The molecular formula is C8H8Br2N6. The summed E-state index contributed by atoms with van der Waals surface area (Å²) in [6, 6.07) is 0. The van der Waals surface area contributed by atoms with Gasteiger partial charge in [-0.05, 0) is 31.9 Å². The molecule has 16 heavy (non-hydrogen) atoms. The second-order valence-electron chi connectivity index (χ2n) is 3.08. The molecule has 0 aliphatic carbocycles. The van der Waals surface area contributed by atoms with Gasteiger partial charge in [-0.1, -0.05) is 0 Å². The zero-order valence-electron chi connectivity index (χ0n) is 8.59. The minimum atomic E-state index is 0.660. The molecule has 0 aliphatic rings. The van der Waals surface area contributed by atoms with E-state index in [2.05, 4.69) is 52.3 Å². The molecule has 0 radical (unpaired) electrons. The van der Waals surface area contributed by atoms with Gasteiger partial charge in [-0.2, -0.15) is 10.2 Å². The molecule has 0 saturated heterocycles. The van der Waals surface area contributed by atoms with Crippen LogP contribution in [0.2, 0.25) is 0 Å². The molecule has 2 aromatic heterocycles. The van der Waals surface area contributed by atoms with E-state index < -0.39 is 0 Å². The van der Waals surface area contributed by atoms with Crippen LogP contribution in [0.1, 0.15) is 0 Å². The SMILES string of the molecule is Cn1ncc(Br)c1N=Nc1c(Br)cnn1C. The van der Waals surface area contributed by atoms with Crippen molar-refractivity contribution in [3.63, 3.8) is 0 Å². The molecule has 0 spiro atoms. The lowest BCUT2D eigenvalue weighted by molar-refractivity contribution is 0.748. The molecule has 8 heteroatoms. The Labute approximate surface area is 109 Å². The van der Waals surface area contributed by atoms with Gasteiger partial charge < -0.3 is 0 Å². The Morgan fingerprint density at radius 3 is 1.56 bits per heavy atom. The highest BCUT2D eigenvalue weighted by molar-refractivity contribution is 9.11. The summed E-state index contributed by atoms with van der Waals surface area (Å²) in [6.07, 6.45) is 3.35. The Balaban J connectivity index is 2.35. The number of azo groups is 1. The predicted octanol–water partition coefficient (Wildman–Crippen LogP) is 3.09. The van der Waals surface area contributed by atoms with E-state index in [0.717, 1.165) is 8.95 Å². The van der Waals surface area contributed by atoms with E-state index in [9.17, 15) is 0 Å². The van der Waals surface area contributed by atoms with E-state index in [-0.39, 0.29) is 0 Å². The summed E-state index contributed by atoms with van der Waals surface area (Å²) in [5, 5.41) is 16.3. The molecule has 0 aliphatic heterocycles. The van der Waals surface area contributed by atoms with Gasteiger partial charge in [0.1, 0.15) is 0 Å². The first kappa shape index (κ1) is 11.5. The van der Waals surface area contributed by atoms with E-state index in [0.29, 0.717) is 11.6 Å². The minimum absolute atomic E-state index is 0.660. The number of rotatable bonds is 2. The monoisotopic (exact) mass is 346 g/mol. The fraction of sp³-hybridized carbons (Fsp3) is 0.250. The maximum absolute atomic E-state index is 4.12. The van der Waals surface area contributed by atoms with Crippen molar-refractivity contribution in [2.45, 2.75) is 0 Å². The van der Waals surface area contributed by atoms with Crippen LogP contribution in [0.3, 0.4) is 0 Å². The molecule has 0 fully saturated rings. The third kappa shape index (κ3) is 2.07. The third-order valence-corrected chi connectivity index (χ3v) is 3.09. The Hall–Kier alpha value is -1.02. The number of aromatic nitrogens is 4. The molecule has 0 bridgehead atoms. The lowest BCUT2D eigenvalue weighted by Gasteiger charge is -1.95. The highest BCUT2D eigenvalue weighted by Gasteiger charge is 2.07. The average Bonchev–Trinajstić information content (AvgIpc) is 2.72. The van der Waals surface area contributed by atoms with Crippen LogP contribution in [-0.4, -0.2) is 19.6 Å². The second-order valence-corrected chi connectivity index (χ2v) is 4.79. The molecule has 2 aromatic rings. The van der Waals surface area contributed by atoms with Crippen LogP contribution >= 0.6 is 31.9 Å². The number of halogens is 2. The van der Waals surface area contributed by atoms with Gasteiger partial charge in [0.2, 0.25) is 0 Å². The van der Waals surface area contributed by atoms with Gasteiger partial charge in [0.25, 0.3) is 0 Å². The largest absolute Gasteiger partial charge is 0.248 e. The Kier molecular flexibility index (Phi) is 3.20. The van der Waals surface area contributed by atoms with Crippen molar-refractivity contribution < 1.29 is 0 Å². The lowest BCUT2D eigenvalue weighted by Crippen LogP contribution is -1.89. The molecule has 0 amide bonds. The second kappa shape index (κ2) is 4.46. The van der Waals surface area contributed by atoms with E-state index in [1.165, 1.54) is 0 Å². The van der Waals surface area contributed by atoms with Gasteiger partial charge in [-0.3, -0.25) is 0 Å². The summed E-state index contributed by atoms with van der Waals surface area (Å²) in [5.41, 5.74) is 0. The molecule has 0 N–H and O–H groups in total. The number of aryl methyl sites for hydroxylation is 2. The summed E-state index contributed by atoms with van der Waals surface area (Å²) in [5.74, 6) is 1.32. The first-order chi connectivity index (χ1) is 7.59. The van der Waals surface area contributed by atoms with Crippen LogP contribution in [0.25, 0.3) is 0 Å². The lowest BCUT2D eigenvalue weighted by atomic mass is 10.6. The Morgan fingerprint density at radius 2 is 1.31 bits per heavy atom. The molecular weight excluding hydrogens is 340 g/mol. The zero-order valence-corrected chi connectivity index (χ0v) is 11.8. The van der Waals surface area contributed by atoms with Gasteiger partial charge >= 0.3 is 0 Å². The summed E-state index contributed by atoms with van der Waals surface area (Å²) < 4.78 is 4.88. The van der Waals surface area contributed by atoms with Gasteiger partial charge in [-0.15, -0.1) is 10.2 Å². The highest BCUT2D eigenvalue weighted by atomic mass is 79.9. The van der Waals surface area contributed by atoms with Crippen molar-refractivity contribution in [2.24, 2.45) is 24.3 Å². The van der Waals surface area contributed by atoms with Crippen LogP contribution < -0.4 is 0 Å². The van der Waals surface area contributed by atoms with E-state index in [4.69, 9.17) is 0 Å². The van der Waals surface area contributed by atoms with Crippen molar-refractivity contribution in [1.82, 2.24) is 19.6 Å². The Morgan fingerprint density at radius 1 is 0.938 bits per heavy atom. The first-order valence-corrected chi connectivity index (χ1v) is 5.95. The van der Waals surface area contributed by atoms with Gasteiger partial charge in [-0.25, -0.2) is 9.36 Å². The van der Waals surface area contributed by atoms with Crippen molar-refractivity contribution in [3.05, 3.63) is 21.3 Å². The molecule has 0 atom stereocenters. The highest BCUT2D eigenvalue weighted by Crippen LogP contribution is 2.29. The van der Waals surface area contributed by atoms with Crippen LogP contribution in [-0.2, 0) is 14.1 Å². The van der Waals surface area contributed by atoms with Crippen LogP contribution in [0.15, 0.2) is 31.6 Å². The number of hydrogen-bond donors (Lipinski definition) is 0. The quantitative estimate of drug-likeness (QED) is 0.783. The maximum Gasteiger partial charge on any atom is 0.187 e. The first-order valence-electron chi connectivity index (χ1n) is 4.36. The maximum atomic E-state index is 4.12. The predicted molar refractivity (Wildman–Crippen MR) is 66.0 cm³/mol. The van der Waals surface area contributed by atoms with Crippen molar-refractivity contribution in [1.29, 1.82) is 0 Å². The van der Waals surface area contributed by atoms with Crippen molar-refractivity contribution >= 4 is 43.5 Å². The summed E-state index contributed by atoms with van der Waals surface area (Å²) in [4.78, 5) is 0. The molecule has 0 unspecified atom stereocenters. The smallest absolute Gasteiger partial charge is 0.187 e. The minimum Gasteiger partial charge on any atom is -0.248 e. The van der Waals surface area contributed by atoms with E-state index in [1.807, 2.05) is 0 Å². The standard InChI is InChI=1S/C8H8Br2N6/c1-15-7(5(9)3-11-15)13-14-8-6(10)4-12-16(8)2/h3-4H,1-2H3. The fourth-order valence-corrected chi connectivity index (χ4v) is 1.98. The zero-order chi connectivity index (χ0) is 11.7. The summed E-state index contributed by atoms with van der Waals surface area (Å²) in [6.45, 7) is 0. The molecule has 0 saturated carbocycles. The molecule has 6 nitrogen and oxygen atoms in total. The van der Waals surface area contributed by atoms with E-state index in [1.54, 1.807) is 35.9 Å². The van der Waals surface area contributed by atoms with E-state index >= 15 is 0 Å². The topological polar surface area (TPSA) is 60.4 Å². The molecule has 2 rings (SSSR count). The van der Waals surface area contributed by atoms with Gasteiger partial charge in [0.15, 0.2) is 11.6 Å². The molecule has 2 heterocycles. The van der Waals surface area contributed by atoms with Gasteiger partial charge in [0.05, 0.1) is 21.3 Å². The van der Waals surface area contributed by atoms with Crippen molar-refractivity contribution in [2.75, 3.05) is 0 Å². The third-order valence-electron chi connectivity index (χ3n) is 1.97. The fourth-order valence-electron chi connectivity index (χ4n) is 1.13. The summed E-state index contributed by atoms with van der Waals surface area (Å²) in [7, 11) is 3.61. The molecule has 0 aromatic carbocycles. The van der Waals surface area contributed by atoms with Crippen molar-refractivity contribution in [3.8, 4) is 0 Å². The van der Waals surface area contributed by atoms with Crippen LogP contribution in [0.5, 0.6) is 0 Å². The molecule has 84 valence electrons. The average molecular weight is 348 g/mol. The number of nitrogens with zero attached hydrogens (tertiary/aromatic N) is 6. The van der Waals surface area contributed by atoms with Crippen LogP contribution in [0.4, 0.5) is 11.6 Å². The summed E-state index contributed by atoms with van der Waals surface area (Å²) >= 11 is 6.69.